The van der Waals surface area contributed by atoms with E-state index in [1.54, 1.807) is 24.4 Å². The molecule has 0 spiro atoms. The molecule has 0 saturated carbocycles. The molecule has 0 bridgehead atoms. The van der Waals surface area contributed by atoms with Gasteiger partial charge in [0.1, 0.15) is 17.5 Å². The van der Waals surface area contributed by atoms with E-state index in [1.807, 2.05) is 6.07 Å². The van der Waals surface area contributed by atoms with Crippen molar-refractivity contribution < 1.29 is 44.2 Å². The number of benzene rings is 1. The number of hydrogen-bond donors (Lipinski definition) is 6. The quantitative estimate of drug-likeness (QED) is 0.337. The van der Waals surface area contributed by atoms with Crippen LogP contribution in [0.3, 0.4) is 0 Å². The normalized spacial score (nSPS) is 31.4. The molecular weight excluding hydrogens is 400 g/mol. The first-order valence-corrected chi connectivity index (χ1v) is 9.17. The van der Waals surface area contributed by atoms with Crippen LogP contribution < -0.4 is 10.1 Å². The Morgan fingerprint density at radius 2 is 2.03 bits per heavy atom. The van der Waals surface area contributed by atoms with Gasteiger partial charge < -0.3 is 40.2 Å². The van der Waals surface area contributed by atoms with E-state index in [9.17, 15) is 30.0 Å². The van der Waals surface area contributed by atoms with Gasteiger partial charge in [-0.25, -0.2) is 4.79 Å². The number of amides is 1. The van der Waals surface area contributed by atoms with Crippen molar-refractivity contribution in [2.24, 2.45) is 0 Å². The van der Waals surface area contributed by atoms with Crippen molar-refractivity contribution in [2.75, 3.05) is 13.7 Å². The predicted octanol–water partition coefficient (Wildman–Crippen LogP) is -0.691. The summed E-state index contributed by atoms with van der Waals surface area (Å²) in [5.41, 5.74) is -1.72. The van der Waals surface area contributed by atoms with Crippen molar-refractivity contribution in [3.8, 4) is 5.75 Å². The average Bonchev–Trinajstić information content (AvgIpc) is 3.16. The number of aliphatic hydroxyl groups is 3. The third kappa shape index (κ3) is 3.73. The number of fused-ring (bicyclic) bond motifs is 1. The highest BCUT2D eigenvalue weighted by Gasteiger charge is 2.67. The molecule has 6 N–H and O–H groups in total. The predicted molar refractivity (Wildman–Crippen MR) is 101 cm³/mol. The number of carboxylic acid groups (broad SMARTS) is 1. The molecule has 3 rings (SSSR count). The van der Waals surface area contributed by atoms with Crippen LogP contribution >= 0.6 is 0 Å². The molecule has 2 heterocycles. The molecule has 2 aromatic rings. The standard InChI is InChI=1S/C19H24N2O9/c1-10(22)20-8-6-18(27)14(23)15(30-19(28-2,16(18)24)17(25)26)29-12-4-3-11-5-7-21-13(11)9-12/h3-5,7,9,14-16,21,23-24,27H,6,8H2,1-2H3,(H,20,22)(H,25,26). The maximum absolute atomic E-state index is 11.9. The van der Waals surface area contributed by atoms with Crippen LogP contribution in [-0.4, -0.2) is 80.8 Å². The summed E-state index contributed by atoms with van der Waals surface area (Å²) in [6.45, 7) is 1.10. The zero-order chi connectivity index (χ0) is 22.1. The smallest absolute Gasteiger partial charge is 0.367 e. The van der Waals surface area contributed by atoms with Crippen LogP contribution in [0, 0.1) is 0 Å². The maximum Gasteiger partial charge on any atom is 0.367 e. The van der Waals surface area contributed by atoms with Crippen LogP contribution in [0.2, 0.25) is 0 Å². The van der Waals surface area contributed by atoms with Crippen molar-refractivity contribution in [2.45, 2.75) is 43.2 Å². The van der Waals surface area contributed by atoms with E-state index < -0.39 is 48.2 Å². The van der Waals surface area contributed by atoms with Gasteiger partial charge in [-0.05, 0) is 30.0 Å². The Morgan fingerprint density at radius 3 is 2.67 bits per heavy atom. The van der Waals surface area contributed by atoms with Gasteiger partial charge in [0, 0.05) is 38.4 Å². The number of carbonyl (C=O) groups is 2. The number of aliphatic carboxylic acids is 1. The number of ether oxygens (including phenoxy) is 3. The fourth-order valence-corrected chi connectivity index (χ4v) is 3.49. The van der Waals surface area contributed by atoms with Gasteiger partial charge in [0.05, 0.1) is 0 Å². The molecule has 164 valence electrons. The second-order valence-electron chi connectivity index (χ2n) is 7.08. The topological polar surface area (TPSA) is 171 Å². The Balaban J connectivity index is 1.94. The van der Waals surface area contributed by atoms with E-state index in [1.165, 1.54) is 6.92 Å². The first-order chi connectivity index (χ1) is 14.1. The van der Waals surface area contributed by atoms with Gasteiger partial charge >= 0.3 is 11.8 Å². The van der Waals surface area contributed by atoms with Crippen LogP contribution in [0.4, 0.5) is 0 Å². The first kappa shape index (κ1) is 22.0. The molecule has 1 aromatic heterocycles. The monoisotopic (exact) mass is 424 g/mol. The zero-order valence-corrected chi connectivity index (χ0v) is 16.4. The van der Waals surface area contributed by atoms with Crippen LogP contribution in [0.25, 0.3) is 10.9 Å². The number of carboxylic acids is 1. The SMILES string of the molecule is COC1(C(=O)O)OC(Oc2ccc3cc[nH]c3c2)C(O)C(O)(CCNC(C)=O)C1O. The Hall–Kier alpha value is -2.70. The van der Waals surface area contributed by atoms with E-state index in [0.29, 0.717) is 0 Å². The van der Waals surface area contributed by atoms with E-state index in [-0.39, 0.29) is 12.3 Å². The van der Waals surface area contributed by atoms with E-state index in [4.69, 9.17) is 14.2 Å². The third-order valence-electron chi connectivity index (χ3n) is 5.17. The number of hydrogen-bond acceptors (Lipinski definition) is 8. The Kier molecular flexibility index (Phi) is 6.01. The number of carbonyl (C=O) groups excluding carboxylic acids is 1. The average molecular weight is 424 g/mol. The van der Waals surface area contributed by atoms with Crippen LogP contribution in [-0.2, 0) is 19.1 Å². The second-order valence-corrected chi connectivity index (χ2v) is 7.08. The third-order valence-corrected chi connectivity index (χ3v) is 5.17. The summed E-state index contributed by atoms with van der Waals surface area (Å²) >= 11 is 0. The number of nitrogens with one attached hydrogen (secondary N) is 2. The number of methoxy groups -OCH3 is 1. The maximum atomic E-state index is 11.9. The summed E-state index contributed by atoms with van der Waals surface area (Å²) in [5.74, 6) is -4.63. The Morgan fingerprint density at radius 1 is 1.30 bits per heavy atom. The van der Waals surface area contributed by atoms with Gasteiger partial charge in [0.2, 0.25) is 12.2 Å². The van der Waals surface area contributed by atoms with Crippen LogP contribution in [0.1, 0.15) is 13.3 Å². The first-order valence-electron chi connectivity index (χ1n) is 9.17. The molecule has 5 unspecified atom stereocenters. The van der Waals surface area contributed by atoms with Crippen molar-refractivity contribution >= 4 is 22.8 Å². The lowest BCUT2D eigenvalue weighted by molar-refractivity contribution is -0.395. The lowest BCUT2D eigenvalue weighted by atomic mass is 9.79. The molecule has 0 aliphatic carbocycles. The van der Waals surface area contributed by atoms with Gasteiger partial charge in [-0.15, -0.1) is 0 Å². The van der Waals surface area contributed by atoms with Crippen LogP contribution in [0.5, 0.6) is 5.75 Å². The molecule has 11 nitrogen and oxygen atoms in total. The molecule has 1 saturated heterocycles. The summed E-state index contributed by atoms with van der Waals surface area (Å²) in [4.78, 5) is 26.0. The summed E-state index contributed by atoms with van der Waals surface area (Å²) in [5, 5.41) is 45.4. The number of aromatic nitrogens is 1. The molecule has 1 aliphatic heterocycles. The second kappa shape index (κ2) is 8.20. The van der Waals surface area contributed by atoms with Crippen LogP contribution in [0.15, 0.2) is 30.5 Å². The summed E-state index contributed by atoms with van der Waals surface area (Å²) < 4.78 is 15.9. The Bertz CT molecular complexity index is 932. The van der Waals surface area contributed by atoms with Crippen molar-refractivity contribution in [3.05, 3.63) is 30.5 Å². The number of aromatic amines is 1. The highest BCUT2D eigenvalue weighted by molar-refractivity contribution is 5.80. The molecule has 30 heavy (non-hydrogen) atoms. The van der Waals surface area contributed by atoms with Crippen molar-refractivity contribution in [3.63, 3.8) is 0 Å². The van der Waals surface area contributed by atoms with Gasteiger partial charge in [0.15, 0.2) is 6.10 Å². The minimum absolute atomic E-state index is 0.152. The molecule has 1 fully saturated rings. The van der Waals surface area contributed by atoms with E-state index >= 15 is 0 Å². The largest absolute Gasteiger partial charge is 0.477 e. The summed E-state index contributed by atoms with van der Waals surface area (Å²) in [7, 11) is 0.978. The van der Waals surface area contributed by atoms with Crippen molar-refractivity contribution in [1.82, 2.24) is 10.3 Å². The lowest BCUT2D eigenvalue weighted by Gasteiger charge is -2.51. The van der Waals surface area contributed by atoms with E-state index in [2.05, 4.69) is 10.3 Å². The minimum Gasteiger partial charge on any atom is -0.477 e. The zero-order valence-electron chi connectivity index (χ0n) is 16.4. The molecule has 1 amide bonds. The molecule has 1 aromatic carbocycles. The van der Waals surface area contributed by atoms with Gasteiger partial charge in [0.25, 0.3) is 0 Å². The molecule has 5 atom stereocenters. The van der Waals surface area contributed by atoms with Gasteiger partial charge in [-0.2, -0.15) is 0 Å². The highest BCUT2D eigenvalue weighted by Crippen LogP contribution is 2.40. The number of H-pyrrole nitrogens is 1. The fourth-order valence-electron chi connectivity index (χ4n) is 3.49. The van der Waals surface area contributed by atoms with Gasteiger partial charge in [-0.1, -0.05) is 0 Å². The molecular formula is C19H24N2O9. The summed E-state index contributed by atoms with van der Waals surface area (Å²) in [6.07, 6.45) is -4.45. The summed E-state index contributed by atoms with van der Waals surface area (Å²) in [6, 6.07) is 6.74. The molecule has 0 radical (unpaired) electrons. The fraction of sp³-hybridized carbons (Fsp3) is 0.474. The number of aliphatic hydroxyl groups excluding tert-OH is 2. The number of rotatable bonds is 7. The molecule has 1 aliphatic rings. The lowest BCUT2D eigenvalue weighted by Crippen LogP contribution is -2.75. The molecule has 11 heteroatoms. The van der Waals surface area contributed by atoms with Crippen molar-refractivity contribution in [1.29, 1.82) is 0 Å². The van der Waals surface area contributed by atoms with E-state index in [0.717, 1.165) is 18.0 Å². The highest BCUT2D eigenvalue weighted by atomic mass is 16.8. The van der Waals surface area contributed by atoms with Gasteiger partial charge in [-0.3, -0.25) is 9.53 Å². The Labute approximate surface area is 171 Å². The minimum atomic E-state index is -2.72.